The number of hydrogen-bond acceptors (Lipinski definition) is 4. The van der Waals surface area contributed by atoms with E-state index in [1.807, 2.05) is 0 Å². The number of carbonyl (C=O) groups is 1. The van der Waals surface area contributed by atoms with Gasteiger partial charge in [-0.2, -0.15) is 8.42 Å². The zero-order valence-corrected chi connectivity index (χ0v) is 24.1. The molecule has 0 spiro atoms. The standard InChI is InChI=1S/C30H53NO5S/c1-3-5-7-9-11-13-15-16-17-19-21-23-25-29(32)28(27-37(34,35)36)31-30(33)26-24-22-20-18-14-12-10-8-6-4-2/h8-11,16-17,23,25,28-29,32H,3-7,12-15,18-22,24,26-27H2,1-2H3,(H,31,33)(H,34,35,36)/b10-8-,11-9+,17-16+,25-23+. The molecule has 1 amide bonds. The van der Waals surface area contributed by atoms with Gasteiger partial charge >= 0.3 is 0 Å². The number of carbonyl (C=O) groups excluding carboxylic acids is 1. The van der Waals surface area contributed by atoms with Gasteiger partial charge in [-0.05, 0) is 57.8 Å². The smallest absolute Gasteiger partial charge is 0.267 e. The molecule has 2 unspecified atom stereocenters. The molecule has 0 fully saturated rings. The predicted molar refractivity (Wildman–Crippen MR) is 156 cm³/mol. The molecule has 0 aliphatic carbocycles. The lowest BCUT2D eigenvalue weighted by molar-refractivity contribution is -0.122. The minimum Gasteiger partial charge on any atom is -0.387 e. The Kier molecular flexibility index (Phi) is 23.5. The Balaban J connectivity index is 4.27. The van der Waals surface area contributed by atoms with Crippen molar-refractivity contribution in [1.82, 2.24) is 5.32 Å². The van der Waals surface area contributed by atoms with Gasteiger partial charge in [-0.1, -0.05) is 101 Å². The zero-order valence-electron chi connectivity index (χ0n) is 23.3. The first-order valence-electron chi connectivity index (χ1n) is 14.3. The van der Waals surface area contributed by atoms with E-state index in [9.17, 15) is 22.9 Å². The summed E-state index contributed by atoms with van der Waals surface area (Å²) in [6, 6.07) is -1.08. The maximum atomic E-state index is 12.3. The summed E-state index contributed by atoms with van der Waals surface area (Å²) in [5.74, 6) is -1.03. The molecule has 0 radical (unpaired) electrons. The highest BCUT2D eigenvalue weighted by atomic mass is 32.2. The van der Waals surface area contributed by atoms with Crippen LogP contribution in [0, 0.1) is 0 Å². The van der Waals surface area contributed by atoms with Crippen molar-refractivity contribution in [3.05, 3.63) is 48.6 Å². The van der Waals surface area contributed by atoms with Crippen LogP contribution in [-0.2, 0) is 14.9 Å². The number of nitrogens with one attached hydrogen (secondary N) is 1. The average molecular weight is 540 g/mol. The molecule has 6 nitrogen and oxygen atoms in total. The normalized spacial score (nSPS) is 14.4. The third kappa shape index (κ3) is 25.7. The van der Waals surface area contributed by atoms with Gasteiger partial charge in [0.25, 0.3) is 10.1 Å². The second kappa shape index (κ2) is 24.6. The fraction of sp³-hybridized carbons (Fsp3) is 0.700. The average Bonchev–Trinajstić information content (AvgIpc) is 2.84. The fourth-order valence-electron chi connectivity index (χ4n) is 3.76. The summed E-state index contributed by atoms with van der Waals surface area (Å²) in [5.41, 5.74) is 0. The zero-order chi connectivity index (χ0) is 27.6. The fourth-order valence-corrected chi connectivity index (χ4v) is 4.49. The van der Waals surface area contributed by atoms with E-state index in [1.54, 1.807) is 6.08 Å². The number of unbranched alkanes of at least 4 members (excludes halogenated alkanes) is 10. The molecule has 0 bridgehead atoms. The molecule has 7 heteroatoms. The van der Waals surface area contributed by atoms with Crippen molar-refractivity contribution < 1.29 is 22.9 Å². The predicted octanol–water partition coefficient (Wildman–Crippen LogP) is 7.23. The van der Waals surface area contributed by atoms with E-state index in [-0.39, 0.29) is 12.3 Å². The highest BCUT2D eigenvalue weighted by Gasteiger charge is 2.24. The van der Waals surface area contributed by atoms with E-state index in [0.717, 1.165) is 64.2 Å². The van der Waals surface area contributed by atoms with Crippen LogP contribution in [0.2, 0.25) is 0 Å². The van der Waals surface area contributed by atoms with Crippen molar-refractivity contribution >= 4 is 16.0 Å². The number of aliphatic hydroxyl groups excluding tert-OH is 1. The molecule has 37 heavy (non-hydrogen) atoms. The van der Waals surface area contributed by atoms with Gasteiger partial charge < -0.3 is 10.4 Å². The molecule has 0 heterocycles. The Morgan fingerprint density at radius 1 is 0.703 bits per heavy atom. The summed E-state index contributed by atoms with van der Waals surface area (Å²) in [6.45, 7) is 4.35. The molecule has 0 saturated carbocycles. The molecule has 3 N–H and O–H groups in total. The van der Waals surface area contributed by atoms with Gasteiger partial charge in [-0.15, -0.1) is 0 Å². The van der Waals surface area contributed by atoms with Crippen LogP contribution in [0.3, 0.4) is 0 Å². The minimum atomic E-state index is -4.34. The van der Waals surface area contributed by atoms with Crippen molar-refractivity contribution in [3.8, 4) is 0 Å². The van der Waals surface area contributed by atoms with Crippen LogP contribution in [0.4, 0.5) is 0 Å². The van der Waals surface area contributed by atoms with Crippen LogP contribution < -0.4 is 5.32 Å². The molecular weight excluding hydrogens is 486 g/mol. The third-order valence-electron chi connectivity index (χ3n) is 5.94. The van der Waals surface area contributed by atoms with E-state index in [0.29, 0.717) is 12.8 Å². The second-order valence-corrected chi connectivity index (χ2v) is 11.1. The summed E-state index contributed by atoms with van der Waals surface area (Å²) in [5, 5.41) is 13.0. The Bertz CT molecular complexity index is 771. The number of rotatable bonds is 24. The lowest BCUT2D eigenvalue weighted by Gasteiger charge is -2.21. The monoisotopic (exact) mass is 539 g/mol. The number of amides is 1. The Labute approximate surface area is 227 Å². The first-order valence-corrected chi connectivity index (χ1v) is 15.9. The van der Waals surface area contributed by atoms with E-state index in [1.165, 1.54) is 25.3 Å². The number of hydrogen-bond donors (Lipinski definition) is 3. The van der Waals surface area contributed by atoms with Crippen molar-refractivity contribution in [2.75, 3.05) is 5.75 Å². The topological polar surface area (TPSA) is 104 Å². The summed E-state index contributed by atoms with van der Waals surface area (Å²) in [7, 11) is -4.34. The number of aliphatic hydroxyl groups is 1. The third-order valence-corrected chi connectivity index (χ3v) is 6.72. The highest BCUT2D eigenvalue weighted by molar-refractivity contribution is 7.85. The summed E-state index contributed by atoms with van der Waals surface area (Å²) in [6.07, 6.45) is 31.0. The van der Waals surface area contributed by atoms with Gasteiger partial charge in [0, 0.05) is 6.42 Å². The van der Waals surface area contributed by atoms with Crippen LogP contribution in [0.5, 0.6) is 0 Å². The van der Waals surface area contributed by atoms with Crippen molar-refractivity contribution in [2.24, 2.45) is 0 Å². The summed E-state index contributed by atoms with van der Waals surface area (Å²) < 4.78 is 32.0. The largest absolute Gasteiger partial charge is 0.387 e. The minimum absolute atomic E-state index is 0.271. The molecule has 2 atom stereocenters. The molecule has 214 valence electrons. The summed E-state index contributed by atoms with van der Waals surface area (Å²) >= 11 is 0. The quantitative estimate of drug-likeness (QED) is 0.0682. The number of allylic oxidation sites excluding steroid dienone is 7. The SMILES string of the molecule is CCC/C=C\CCCCCCCC(=O)NC(CS(=O)(=O)O)C(O)/C=C/CC/C=C/CC/C=C/CCCC. The molecule has 0 aliphatic rings. The van der Waals surface area contributed by atoms with Crippen LogP contribution in [-0.4, -0.2) is 41.9 Å². The maximum Gasteiger partial charge on any atom is 0.267 e. The van der Waals surface area contributed by atoms with E-state index >= 15 is 0 Å². The molecule has 0 aromatic rings. The Hall–Kier alpha value is -1.70. The maximum absolute atomic E-state index is 12.3. The van der Waals surface area contributed by atoms with Gasteiger partial charge in [0.1, 0.15) is 0 Å². The molecule has 0 rings (SSSR count). The van der Waals surface area contributed by atoms with E-state index in [2.05, 4.69) is 55.6 Å². The van der Waals surface area contributed by atoms with Crippen LogP contribution in [0.1, 0.15) is 117 Å². The first-order chi connectivity index (χ1) is 17.8. The van der Waals surface area contributed by atoms with Crippen molar-refractivity contribution in [3.63, 3.8) is 0 Å². The molecule has 0 aromatic carbocycles. The molecule has 0 saturated heterocycles. The van der Waals surface area contributed by atoms with Gasteiger partial charge in [0.05, 0.1) is 17.9 Å². The van der Waals surface area contributed by atoms with Crippen LogP contribution >= 0.6 is 0 Å². The van der Waals surface area contributed by atoms with Crippen LogP contribution in [0.25, 0.3) is 0 Å². The second-order valence-electron chi connectivity index (χ2n) is 9.65. The van der Waals surface area contributed by atoms with Gasteiger partial charge in [-0.3, -0.25) is 9.35 Å². The molecule has 0 aromatic heterocycles. The highest BCUT2D eigenvalue weighted by Crippen LogP contribution is 2.09. The molecule has 0 aliphatic heterocycles. The van der Waals surface area contributed by atoms with Gasteiger partial charge in [0.15, 0.2) is 0 Å². The summed E-state index contributed by atoms with van der Waals surface area (Å²) in [4.78, 5) is 12.3. The first kappa shape index (κ1) is 35.3. The Morgan fingerprint density at radius 3 is 1.81 bits per heavy atom. The van der Waals surface area contributed by atoms with Gasteiger partial charge in [0.2, 0.25) is 5.91 Å². The van der Waals surface area contributed by atoms with Crippen molar-refractivity contribution in [2.45, 2.75) is 129 Å². The Morgan fingerprint density at radius 2 is 1.22 bits per heavy atom. The lowest BCUT2D eigenvalue weighted by Crippen LogP contribution is -2.46. The van der Waals surface area contributed by atoms with E-state index < -0.39 is 28.0 Å². The van der Waals surface area contributed by atoms with E-state index in [4.69, 9.17) is 0 Å². The lowest BCUT2D eigenvalue weighted by atomic mass is 10.1. The van der Waals surface area contributed by atoms with Crippen molar-refractivity contribution in [1.29, 1.82) is 0 Å². The molecular formula is C30H53NO5S. The van der Waals surface area contributed by atoms with Crippen LogP contribution in [0.15, 0.2) is 48.6 Å². The van der Waals surface area contributed by atoms with Gasteiger partial charge in [-0.25, -0.2) is 0 Å².